The zero-order valence-corrected chi connectivity index (χ0v) is 20.7. The normalized spacial score (nSPS) is 16.7. The fourth-order valence-electron chi connectivity index (χ4n) is 2.99. The van der Waals surface area contributed by atoms with Gasteiger partial charge in [-0.25, -0.2) is 0 Å². The Morgan fingerprint density at radius 2 is 1.71 bits per heavy atom. The number of aliphatic imine (C=N–C) groups is 1. The molecule has 1 unspecified atom stereocenters. The molecule has 1 atom stereocenters. The van der Waals surface area contributed by atoms with Gasteiger partial charge in [0.25, 0.3) is 0 Å². The van der Waals surface area contributed by atoms with Crippen LogP contribution in [0.3, 0.4) is 0 Å². The van der Waals surface area contributed by atoms with Gasteiger partial charge in [-0.3, -0.25) is 9.89 Å². The van der Waals surface area contributed by atoms with Crippen LogP contribution in [0.15, 0.2) is 4.99 Å². The van der Waals surface area contributed by atoms with E-state index < -0.39 is 0 Å². The molecule has 1 heterocycles. The predicted octanol–water partition coefficient (Wildman–Crippen LogP) is 2.35. The lowest BCUT2D eigenvalue weighted by molar-refractivity contribution is 0.00867. The lowest BCUT2D eigenvalue weighted by atomic mass is 10.0. The molecule has 8 heteroatoms. The van der Waals surface area contributed by atoms with Crippen LogP contribution in [0, 0.1) is 5.92 Å². The molecule has 0 saturated carbocycles. The third-order valence-electron chi connectivity index (χ3n) is 4.62. The Bertz CT molecular complexity index is 380. The number of morpholine rings is 1. The number of nitrogens with zero attached hydrogens (tertiary/aromatic N) is 2. The molecule has 0 aromatic carbocycles. The summed E-state index contributed by atoms with van der Waals surface area (Å²) in [4.78, 5) is 7.31. The molecule has 0 amide bonds. The molecule has 0 radical (unpaired) electrons. The van der Waals surface area contributed by atoms with Gasteiger partial charge in [0.15, 0.2) is 5.96 Å². The first-order valence-corrected chi connectivity index (χ1v) is 10.7. The lowest BCUT2D eigenvalue weighted by Gasteiger charge is -2.36. The molecule has 168 valence electrons. The maximum Gasteiger partial charge on any atom is 0.191 e. The molecule has 0 aromatic rings. The van der Waals surface area contributed by atoms with Crippen molar-refractivity contribution in [3.8, 4) is 0 Å². The molecule has 0 spiro atoms. The Hall–Kier alpha value is -0.160. The van der Waals surface area contributed by atoms with Crippen LogP contribution in [0.25, 0.3) is 0 Å². The fraction of sp³-hybridized carbons (Fsp3) is 0.950. The molecule has 0 bridgehead atoms. The molecular weight excluding hydrogens is 471 g/mol. The van der Waals surface area contributed by atoms with Crippen LogP contribution >= 0.6 is 24.0 Å². The Morgan fingerprint density at radius 3 is 2.32 bits per heavy atom. The van der Waals surface area contributed by atoms with Gasteiger partial charge < -0.3 is 24.8 Å². The second kappa shape index (κ2) is 18.8. The minimum absolute atomic E-state index is 0. The Kier molecular flexibility index (Phi) is 18.7. The second-order valence-electron chi connectivity index (χ2n) is 7.18. The SMILES string of the molecule is CCCCOCCOCCNC(=NCC(C(C)C)N1CCOCC1)NCC.I. The van der Waals surface area contributed by atoms with Gasteiger partial charge >= 0.3 is 0 Å². The summed E-state index contributed by atoms with van der Waals surface area (Å²) in [6, 6.07) is 0.445. The number of unbranched alkanes of at least 4 members (excludes halogenated alkanes) is 1. The van der Waals surface area contributed by atoms with Crippen LogP contribution in [0.5, 0.6) is 0 Å². The van der Waals surface area contributed by atoms with Gasteiger partial charge in [-0.1, -0.05) is 27.2 Å². The van der Waals surface area contributed by atoms with E-state index in [0.29, 0.717) is 31.8 Å². The van der Waals surface area contributed by atoms with Gasteiger partial charge in [-0.05, 0) is 19.3 Å². The average Bonchev–Trinajstić information content (AvgIpc) is 2.67. The molecule has 1 saturated heterocycles. The summed E-state index contributed by atoms with van der Waals surface area (Å²) < 4.78 is 16.6. The van der Waals surface area contributed by atoms with E-state index in [0.717, 1.165) is 64.9 Å². The van der Waals surface area contributed by atoms with Gasteiger partial charge in [0.1, 0.15) is 0 Å². The van der Waals surface area contributed by atoms with Crippen LogP contribution in [-0.2, 0) is 14.2 Å². The number of hydrogen-bond acceptors (Lipinski definition) is 5. The average molecular weight is 514 g/mol. The van der Waals surface area contributed by atoms with E-state index in [1.807, 2.05) is 0 Å². The minimum atomic E-state index is 0. The summed E-state index contributed by atoms with van der Waals surface area (Å²) in [5.41, 5.74) is 0. The summed E-state index contributed by atoms with van der Waals surface area (Å²) in [5, 5.41) is 6.68. The van der Waals surface area contributed by atoms with E-state index in [1.54, 1.807) is 0 Å². The van der Waals surface area contributed by atoms with E-state index in [9.17, 15) is 0 Å². The van der Waals surface area contributed by atoms with Gasteiger partial charge in [-0.15, -0.1) is 24.0 Å². The van der Waals surface area contributed by atoms with E-state index >= 15 is 0 Å². The zero-order chi connectivity index (χ0) is 19.7. The third kappa shape index (κ3) is 13.1. The lowest BCUT2D eigenvalue weighted by Crippen LogP contribution is -2.48. The summed E-state index contributed by atoms with van der Waals surface area (Å²) in [6.07, 6.45) is 2.28. The first-order chi connectivity index (χ1) is 13.2. The molecular formula is C20H43IN4O3. The van der Waals surface area contributed by atoms with Crippen molar-refractivity contribution in [3.63, 3.8) is 0 Å². The van der Waals surface area contributed by atoms with Gasteiger partial charge in [-0.2, -0.15) is 0 Å². The minimum Gasteiger partial charge on any atom is -0.379 e. The Balaban J connectivity index is 0.00000729. The standard InChI is InChI=1S/C20H42N4O3.HI/c1-5-7-11-25-15-16-26-12-8-22-20(21-6-2)23-17-19(18(3)4)24-9-13-27-14-10-24;/h18-19H,5-17H2,1-4H3,(H2,21,22,23);1H. The van der Waals surface area contributed by atoms with Crippen LogP contribution in [0.2, 0.25) is 0 Å². The predicted molar refractivity (Wildman–Crippen MR) is 127 cm³/mol. The van der Waals surface area contributed by atoms with Crippen molar-refractivity contribution < 1.29 is 14.2 Å². The highest BCUT2D eigenvalue weighted by Gasteiger charge is 2.23. The number of hydrogen-bond donors (Lipinski definition) is 2. The van der Waals surface area contributed by atoms with Gasteiger partial charge in [0.2, 0.25) is 0 Å². The topological polar surface area (TPSA) is 67.4 Å². The molecule has 1 aliphatic heterocycles. The second-order valence-corrected chi connectivity index (χ2v) is 7.18. The number of nitrogens with one attached hydrogen (secondary N) is 2. The molecule has 1 aliphatic rings. The van der Waals surface area contributed by atoms with E-state index in [2.05, 4.69) is 43.2 Å². The highest BCUT2D eigenvalue weighted by molar-refractivity contribution is 14.0. The first-order valence-electron chi connectivity index (χ1n) is 10.7. The highest BCUT2D eigenvalue weighted by atomic mass is 127. The Labute approximate surface area is 189 Å². The third-order valence-corrected chi connectivity index (χ3v) is 4.62. The number of halogens is 1. The first kappa shape index (κ1) is 27.8. The monoisotopic (exact) mass is 514 g/mol. The maximum atomic E-state index is 5.61. The molecule has 2 N–H and O–H groups in total. The van der Waals surface area contributed by atoms with Crippen LogP contribution in [-0.4, -0.2) is 89.3 Å². The van der Waals surface area contributed by atoms with E-state index in [1.165, 1.54) is 6.42 Å². The van der Waals surface area contributed by atoms with Crippen molar-refractivity contribution in [2.45, 2.75) is 46.6 Å². The van der Waals surface area contributed by atoms with Crippen LogP contribution < -0.4 is 10.6 Å². The summed E-state index contributed by atoms with van der Waals surface area (Å²) in [5.74, 6) is 1.42. The maximum absolute atomic E-state index is 5.61. The van der Waals surface area contributed by atoms with Crippen molar-refractivity contribution in [2.75, 3.05) is 72.4 Å². The van der Waals surface area contributed by atoms with Crippen molar-refractivity contribution in [3.05, 3.63) is 0 Å². The summed E-state index contributed by atoms with van der Waals surface area (Å²) >= 11 is 0. The Morgan fingerprint density at radius 1 is 1.04 bits per heavy atom. The molecule has 1 fully saturated rings. The molecule has 28 heavy (non-hydrogen) atoms. The highest BCUT2D eigenvalue weighted by Crippen LogP contribution is 2.13. The van der Waals surface area contributed by atoms with E-state index in [-0.39, 0.29) is 24.0 Å². The molecule has 0 aliphatic carbocycles. The van der Waals surface area contributed by atoms with Crippen LogP contribution in [0.1, 0.15) is 40.5 Å². The number of guanidine groups is 1. The largest absolute Gasteiger partial charge is 0.379 e. The van der Waals surface area contributed by atoms with Crippen molar-refractivity contribution in [2.24, 2.45) is 10.9 Å². The summed E-state index contributed by atoms with van der Waals surface area (Å²) in [6.45, 7) is 17.6. The zero-order valence-electron chi connectivity index (χ0n) is 18.4. The quantitative estimate of drug-likeness (QED) is 0.161. The van der Waals surface area contributed by atoms with Crippen molar-refractivity contribution in [1.82, 2.24) is 15.5 Å². The van der Waals surface area contributed by atoms with E-state index in [4.69, 9.17) is 19.2 Å². The van der Waals surface area contributed by atoms with Crippen molar-refractivity contribution in [1.29, 1.82) is 0 Å². The summed E-state index contributed by atoms with van der Waals surface area (Å²) in [7, 11) is 0. The van der Waals surface area contributed by atoms with Crippen LogP contribution in [0.4, 0.5) is 0 Å². The smallest absolute Gasteiger partial charge is 0.191 e. The van der Waals surface area contributed by atoms with Gasteiger partial charge in [0.05, 0.1) is 39.6 Å². The van der Waals surface area contributed by atoms with Crippen molar-refractivity contribution >= 4 is 29.9 Å². The number of rotatable bonds is 14. The van der Waals surface area contributed by atoms with Gasteiger partial charge in [0, 0.05) is 38.8 Å². The molecule has 0 aromatic heterocycles. The molecule has 7 nitrogen and oxygen atoms in total. The fourth-order valence-corrected chi connectivity index (χ4v) is 2.99. The number of ether oxygens (including phenoxy) is 3. The molecule has 1 rings (SSSR count).